The van der Waals surface area contributed by atoms with Crippen LogP contribution in [0, 0.1) is 0 Å². The highest BCUT2D eigenvalue weighted by molar-refractivity contribution is 6.62. The first-order chi connectivity index (χ1) is 13.1. The van der Waals surface area contributed by atoms with E-state index >= 15 is 0 Å². The van der Waals surface area contributed by atoms with Crippen LogP contribution in [-0.4, -0.2) is 28.3 Å². The molecule has 0 aliphatic carbocycles. The fourth-order valence-electron chi connectivity index (χ4n) is 2.68. The fraction of sp³-hybridized carbons (Fsp3) is 0.444. The minimum absolute atomic E-state index is 0.0137. The Hall–Kier alpha value is -2.14. The Kier molecular flexibility index (Phi) is 4.98. The molecule has 0 saturated carbocycles. The summed E-state index contributed by atoms with van der Waals surface area (Å²) in [6.07, 6.45) is -9.57. The fourth-order valence-corrected chi connectivity index (χ4v) is 2.68. The summed E-state index contributed by atoms with van der Waals surface area (Å²) in [7, 11) is -1.14. The van der Waals surface area contributed by atoms with Gasteiger partial charge in [-0.3, -0.25) is 0 Å². The van der Waals surface area contributed by atoms with E-state index in [9.17, 15) is 26.3 Å². The van der Waals surface area contributed by atoms with E-state index in [1.807, 2.05) is 0 Å². The van der Waals surface area contributed by atoms with Crippen molar-refractivity contribution in [3.63, 3.8) is 0 Å². The number of halogens is 6. The molecule has 0 bridgehead atoms. The topological polar surface area (TPSA) is 44.2 Å². The first-order valence-corrected chi connectivity index (χ1v) is 8.60. The molecule has 1 fully saturated rings. The molecule has 2 aromatic rings. The lowest BCUT2D eigenvalue weighted by atomic mass is 9.78. The highest BCUT2D eigenvalue weighted by atomic mass is 19.4. The Morgan fingerprint density at radius 3 is 1.79 bits per heavy atom. The zero-order chi connectivity index (χ0) is 21.8. The third-order valence-electron chi connectivity index (χ3n) is 4.97. The quantitative estimate of drug-likeness (QED) is 0.533. The van der Waals surface area contributed by atoms with Gasteiger partial charge in [-0.05, 0) is 57.4 Å². The first-order valence-electron chi connectivity index (χ1n) is 8.60. The maximum absolute atomic E-state index is 13.4. The van der Waals surface area contributed by atoms with Crippen LogP contribution in [0.4, 0.5) is 26.3 Å². The molecule has 29 heavy (non-hydrogen) atoms. The van der Waals surface area contributed by atoms with Crippen molar-refractivity contribution in [2.75, 3.05) is 0 Å². The number of hydrogen-bond donors (Lipinski definition) is 0. The lowest BCUT2D eigenvalue weighted by molar-refractivity contribution is -0.142. The van der Waals surface area contributed by atoms with E-state index < -0.39 is 42.1 Å². The van der Waals surface area contributed by atoms with Crippen LogP contribution in [0.1, 0.15) is 39.1 Å². The molecule has 3 heterocycles. The van der Waals surface area contributed by atoms with E-state index in [0.29, 0.717) is 0 Å². The summed E-state index contributed by atoms with van der Waals surface area (Å²) >= 11 is 0. The van der Waals surface area contributed by atoms with Gasteiger partial charge in [0.15, 0.2) is 0 Å². The first kappa shape index (κ1) is 21.6. The van der Waals surface area contributed by atoms with Gasteiger partial charge in [-0.1, -0.05) is 6.07 Å². The second kappa shape index (κ2) is 6.70. The molecule has 4 nitrogen and oxygen atoms in total. The molecule has 3 rings (SSSR count). The van der Waals surface area contributed by atoms with Gasteiger partial charge in [0.1, 0.15) is 11.4 Å². The SMILES string of the molecule is CC1(C)OB(c2cc(-c3cccc(C(F)(F)F)n3)nc(C(F)(F)F)c2)OC1(C)C. The van der Waals surface area contributed by atoms with Gasteiger partial charge in [0, 0.05) is 0 Å². The summed E-state index contributed by atoms with van der Waals surface area (Å²) in [5, 5.41) is 0. The Balaban J connectivity index is 2.12. The molecule has 1 saturated heterocycles. The minimum atomic E-state index is -4.82. The lowest BCUT2D eigenvalue weighted by Crippen LogP contribution is -2.41. The predicted molar refractivity (Wildman–Crippen MR) is 93.2 cm³/mol. The number of alkyl halides is 6. The zero-order valence-electron chi connectivity index (χ0n) is 15.9. The van der Waals surface area contributed by atoms with Gasteiger partial charge in [0.25, 0.3) is 0 Å². The van der Waals surface area contributed by atoms with Crippen molar-refractivity contribution in [2.45, 2.75) is 51.2 Å². The molecule has 0 radical (unpaired) electrons. The second-order valence-corrected chi connectivity index (χ2v) is 7.66. The molecule has 11 heteroatoms. The van der Waals surface area contributed by atoms with Gasteiger partial charge in [0.2, 0.25) is 0 Å². The van der Waals surface area contributed by atoms with Gasteiger partial charge in [-0.2, -0.15) is 26.3 Å². The van der Waals surface area contributed by atoms with Crippen LogP contribution in [0.15, 0.2) is 30.3 Å². The van der Waals surface area contributed by atoms with Crippen molar-refractivity contribution in [3.8, 4) is 11.4 Å². The summed E-state index contributed by atoms with van der Waals surface area (Å²) in [5.74, 6) is 0. The molecule has 1 aliphatic heterocycles. The largest absolute Gasteiger partial charge is 0.494 e. The average Bonchev–Trinajstić information content (AvgIpc) is 2.81. The van der Waals surface area contributed by atoms with Crippen molar-refractivity contribution < 1.29 is 35.7 Å². The Morgan fingerprint density at radius 1 is 0.759 bits per heavy atom. The van der Waals surface area contributed by atoms with Gasteiger partial charge < -0.3 is 9.31 Å². The highest BCUT2D eigenvalue weighted by Gasteiger charge is 2.52. The zero-order valence-corrected chi connectivity index (χ0v) is 15.9. The summed E-state index contributed by atoms with van der Waals surface area (Å²) < 4.78 is 90.5. The van der Waals surface area contributed by atoms with Crippen LogP contribution in [0.5, 0.6) is 0 Å². The normalized spacial score (nSPS) is 18.9. The van der Waals surface area contributed by atoms with Crippen LogP contribution >= 0.6 is 0 Å². The molecule has 0 atom stereocenters. The number of rotatable bonds is 2. The summed E-state index contributed by atoms with van der Waals surface area (Å²) in [5.41, 5.74) is -4.85. The van der Waals surface area contributed by atoms with Crippen molar-refractivity contribution in [3.05, 3.63) is 41.7 Å². The monoisotopic (exact) mass is 418 g/mol. The molecule has 0 N–H and O–H groups in total. The molecule has 0 spiro atoms. The van der Waals surface area contributed by atoms with E-state index in [2.05, 4.69) is 9.97 Å². The number of aromatic nitrogens is 2. The third kappa shape index (κ3) is 4.25. The number of nitrogens with zero attached hydrogens (tertiary/aromatic N) is 2. The van der Waals surface area contributed by atoms with Crippen molar-refractivity contribution >= 4 is 12.6 Å². The molecule has 1 aliphatic rings. The second-order valence-electron chi connectivity index (χ2n) is 7.66. The van der Waals surface area contributed by atoms with Crippen molar-refractivity contribution in [1.29, 1.82) is 0 Å². The molecule has 2 aromatic heterocycles. The predicted octanol–water partition coefficient (Wildman–Crippen LogP) is 4.48. The van der Waals surface area contributed by atoms with E-state index in [4.69, 9.17) is 9.31 Å². The molecule has 0 aromatic carbocycles. The molecule has 156 valence electrons. The van der Waals surface area contributed by atoms with E-state index in [1.165, 1.54) is 6.07 Å². The van der Waals surface area contributed by atoms with Crippen LogP contribution in [0.2, 0.25) is 0 Å². The maximum Gasteiger partial charge on any atom is 0.494 e. The van der Waals surface area contributed by atoms with E-state index in [1.54, 1.807) is 27.7 Å². The Morgan fingerprint density at radius 2 is 1.28 bits per heavy atom. The smallest absolute Gasteiger partial charge is 0.399 e. The Bertz CT molecular complexity index is 911. The average molecular weight is 418 g/mol. The van der Waals surface area contributed by atoms with Crippen molar-refractivity contribution in [2.24, 2.45) is 0 Å². The number of pyridine rings is 2. The van der Waals surface area contributed by atoms with Gasteiger partial charge in [-0.25, -0.2) is 9.97 Å². The van der Waals surface area contributed by atoms with Gasteiger partial charge in [-0.15, -0.1) is 0 Å². The van der Waals surface area contributed by atoms with Crippen LogP contribution in [0.3, 0.4) is 0 Å². The lowest BCUT2D eigenvalue weighted by Gasteiger charge is -2.32. The molecular weight excluding hydrogens is 401 g/mol. The Labute approximate surface area is 163 Å². The van der Waals surface area contributed by atoms with E-state index in [0.717, 1.165) is 24.3 Å². The highest BCUT2D eigenvalue weighted by Crippen LogP contribution is 2.37. The van der Waals surface area contributed by atoms with Crippen molar-refractivity contribution in [1.82, 2.24) is 9.97 Å². The van der Waals surface area contributed by atoms with Crippen LogP contribution in [0.25, 0.3) is 11.4 Å². The molecular formula is C18H17BF6N2O2. The molecule has 0 amide bonds. The van der Waals surface area contributed by atoms with Gasteiger partial charge >= 0.3 is 19.5 Å². The standard InChI is InChI=1S/C18H17BF6N2O2/c1-15(2)16(3,4)29-19(28-15)10-8-12(27-14(9-10)18(23,24)25)11-6-5-7-13(26-11)17(20,21)22/h5-9H,1-4H3. The maximum atomic E-state index is 13.4. The minimum Gasteiger partial charge on any atom is -0.399 e. The summed E-state index contributed by atoms with van der Waals surface area (Å²) in [6, 6.07) is 4.90. The summed E-state index contributed by atoms with van der Waals surface area (Å²) in [4.78, 5) is 6.90. The third-order valence-corrected chi connectivity index (χ3v) is 4.97. The number of hydrogen-bond acceptors (Lipinski definition) is 4. The van der Waals surface area contributed by atoms with E-state index in [-0.39, 0.29) is 16.9 Å². The summed E-state index contributed by atoms with van der Waals surface area (Å²) in [6.45, 7) is 6.92. The molecule has 0 unspecified atom stereocenters. The van der Waals surface area contributed by atoms with Crippen LogP contribution in [-0.2, 0) is 21.7 Å². The van der Waals surface area contributed by atoms with Gasteiger partial charge in [0.05, 0.1) is 22.6 Å². The van der Waals surface area contributed by atoms with Crippen LogP contribution < -0.4 is 5.46 Å².